The molecule has 160 valence electrons. The first-order chi connectivity index (χ1) is 14.6. The fraction of sp³-hybridized carbons (Fsp3) is 0.619. The first kappa shape index (κ1) is 20.4. The van der Waals surface area contributed by atoms with Crippen molar-refractivity contribution < 1.29 is 4.79 Å². The van der Waals surface area contributed by atoms with Crippen molar-refractivity contribution in [3.63, 3.8) is 0 Å². The molecule has 0 atom stereocenters. The van der Waals surface area contributed by atoms with Crippen LogP contribution in [-0.2, 0) is 0 Å². The van der Waals surface area contributed by atoms with E-state index in [1.807, 2.05) is 25.2 Å². The molecule has 3 heterocycles. The third-order valence-electron chi connectivity index (χ3n) is 6.11. The number of nitrogens with two attached hydrogens (primary N) is 1. The van der Waals surface area contributed by atoms with Crippen molar-refractivity contribution in [2.45, 2.75) is 38.6 Å². The van der Waals surface area contributed by atoms with Crippen molar-refractivity contribution in [3.8, 4) is 11.8 Å². The van der Waals surface area contributed by atoms with Crippen LogP contribution >= 0.6 is 0 Å². The lowest BCUT2D eigenvalue weighted by molar-refractivity contribution is 0.126. The van der Waals surface area contributed by atoms with Crippen LogP contribution in [0.25, 0.3) is 11.2 Å². The molecule has 2 aromatic heterocycles. The summed E-state index contributed by atoms with van der Waals surface area (Å²) in [6.07, 6.45) is 6.62. The molecular weight excluding hydrogens is 380 g/mol. The minimum atomic E-state index is 0.0966. The third kappa shape index (κ3) is 4.19. The molecule has 1 aliphatic carbocycles. The van der Waals surface area contributed by atoms with Crippen molar-refractivity contribution >= 4 is 23.0 Å². The van der Waals surface area contributed by atoms with Crippen molar-refractivity contribution in [1.29, 1.82) is 0 Å². The summed E-state index contributed by atoms with van der Waals surface area (Å²) in [6.45, 7) is 6.40. The highest BCUT2D eigenvalue weighted by molar-refractivity contribution is 5.82. The maximum absolute atomic E-state index is 12.2. The van der Waals surface area contributed by atoms with Gasteiger partial charge in [-0.25, -0.2) is 19.7 Å². The van der Waals surface area contributed by atoms with Crippen LogP contribution in [-0.4, -0.2) is 86.6 Å². The standard InChI is InChI=1S/C21H30N8O/c1-3-26(2)21(30)28-13-11-27(12-14-28)10-6-9-17-24-19(22)18-20(25-17)29(15-23-18)16-7-4-5-8-16/h15-16H,3-5,7-8,10-14H2,1-2H3,(H2,22,24,25). The number of nitrogens with zero attached hydrogens (tertiary/aromatic N) is 7. The molecule has 2 aliphatic rings. The molecule has 1 saturated heterocycles. The molecule has 1 aliphatic heterocycles. The minimum absolute atomic E-state index is 0.0966. The number of rotatable bonds is 3. The second kappa shape index (κ2) is 8.88. The lowest BCUT2D eigenvalue weighted by Crippen LogP contribution is -2.52. The molecule has 4 rings (SSSR count). The Labute approximate surface area is 177 Å². The fourth-order valence-electron chi connectivity index (χ4n) is 4.15. The lowest BCUT2D eigenvalue weighted by atomic mass is 10.2. The van der Waals surface area contributed by atoms with E-state index < -0.39 is 0 Å². The zero-order valence-corrected chi connectivity index (χ0v) is 17.8. The molecule has 2 fully saturated rings. The predicted molar refractivity (Wildman–Crippen MR) is 116 cm³/mol. The Kier molecular flexibility index (Phi) is 6.04. The van der Waals surface area contributed by atoms with Gasteiger partial charge in [0, 0.05) is 45.8 Å². The van der Waals surface area contributed by atoms with Gasteiger partial charge < -0.3 is 20.1 Å². The number of carbonyl (C=O) groups excluding carboxylic acids is 1. The van der Waals surface area contributed by atoms with Gasteiger partial charge in [-0.3, -0.25) is 4.90 Å². The van der Waals surface area contributed by atoms with Gasteiger partial charge in [-0.1, -0.05) is 18.8 Å². The van der Waals surface area contributed by atoms with Crippen LogP contribution < -0.4 is 5.73 Å². The molecule has 0 unspecified atom stereocenters. The van der Waals surface area contributed by atoms with Gasteiger partial charge >= 0.3 is 6.03 Å². The van der Waals surface area contributed by atoms with Gasteiger partial charge in [0.05, 0.1) is 12.9 Å². The molecule has 0 bridgehead atoms. The highest BCUT2D eigenvalue weighted by atomic mass is 16.2. The van der Waals surface area contributed by atoms with Crippen LogP contribution in [0.2, 0.25) is 0 Å². The Hall–Kier alpha value is -2.86. The normalized spacial score (nSPS) is 17.9. The number of anilines is 1. The lowest BCUT2D eigenvalue weighted by Gasteiger charge is -2.35. The molecule has 0 spiro atoms. The molecule has 9 nitrogen and oxygen atoms in total. The van der Waals surface area contributed by atoms with E-state index in [0.29, 0.717) is 29.7 Å². The number of aromatic nitrogens is 4. The van der Waals surface area contributed by atoms with Gasteiger partial charge in [0.2, 0.25) is 5.82 Å². The van der Waals surface area contributed by atoms with E-state index in [9.17, 15) is 4.79 Å². The fourth-order valence-corrected chi connectivity index (χ4v) is 4.15. The smallest absolute Gasteiger partial charge is 0.319 e. The van der Waals surface area contributed by atoms with E-state index in [0.717, 1.165) is 51.2 Å². The van der Waals surface area contributed by atoms with E-state index in [-0.39, 0.29) is 6.03 Å². The van der Waals surface area contributed by atoms with E-state index in [1.165, 1.54) is 12.8 Å². The van der Waals surface area contributed by atoms with Crippen molar-refractivity contribution in [2.75, 3.05) is 52.0 Å². The Morgan fingerprint density at radius 3 is 2.67 bits per heavy atom. The summed E-state index contributed by atoms with van der Waals surface area (Å²) < 4.78 is 2.13. The minimum Gasteiger partial charge on any atom is -0.382 e. The molecular formula is C21H30N8O. The maximum atomic E-state index is 12.2. The van der Waals surface area contributed by atoms with Gasteiger partial charge in [0.1, 0.15) is 5.52 Å². The molecule has 2 N–H and O–H groups in total. The van der Waals surface area contributed by atoms with E-state index in [2.05, 4.69) is 36.3 Å². The highest BCUT2D eigenvalue weighted by Crippen LogP contribution is 2.32. The average molecular weight is 411 g/mol. The zero-order chi connectivity index (χ0) is 21.1. The molecule has 30 heavy (non-hydrogen) atoms. The molecule has 0 aromatic carbocycles. The molecule has 2 amide bonds. The van der Waals surface area contributed by atoms with Gasteiger partial charge in [-0.2, -0.15) is 0 Å². The predicted octanol–water partition coefficient (Wildman–Crippen LogP) is 1.56. The van der Waals surface area contributed by atoms with Gasteiger partial charge in [0.25, 0.3) is 0 Å². The Bertz CT molecular complexity index is 961. The second-order valence-electron chi connectivity index (χ2n) is 8.06. The maximum Gasteiger partial charge on any atom is 0.319 e. The number of hydrogen-bond acceptors (Lipinski definition) is 6. The van der Waals surface area contributed by atoms with E-state index >= 15 is 0 Å². The van der Waals surface area contributed by atoms with Crippen LogP contribution in [0.5, 0.6) is 0 Å². The Morgan fingerprint density at radius 1 is 1.23 bits per heavy atom. The molecule has 0 radical (unpaired) electrons. The molecule has 2 aromatic rings. The first-order valence-corrected chi connectivity index (χ1v) is 10.8. The van der Waals surface area contributed by atoms with Gasteiger partial charge in [0.15, 0.2) is 11.5 Å². The Balaban J connectivity index is 1.40. The third-order valence-corrected chi connectivity index (χ3v) is 6.11. The SMILES string of the molecule is CCN(C)C(=O)N1CCN(CC#Cc2nc(N)c3ncn(C4CCCC4)c3n2)CC1. The Morgan fingerprint density at radius 2 is 1.97 bits per heavy atom. The summed E-state index contributed by atoms with van der Waals surface area (Å²) in [5.74, 6) is 7.07. The van der Waals surface area contributed by atoms with E-state index in [1.54, 1.807) is 4.90 Å². The number of carbonyl (C=O) groups is 1. The van der Waals surface area contributed by atoms with Gasteiger partial charge in [-0.15, -0.1) is 0 Å². The number of hydrogen-bond donors (Lipinski definition) is 1. The monoisotopic (exact) mass is 410 g/mol. The number of urea groups is 1. The van der Waals surface area contributed by atoms with Crippen LogP contribution in [0.15, 0.2) is 6.33 Å². The summed E-state index contributed by atoms with van der Waals surface area (Å²) in [7, 11) is 1.83. The summed E-state index contributed by atoms with van der Waals surface area (Å²) in [6, 6.07) is 0.537. The second-order valence-corrected chi connectivity index (χ2v) is 8.06. The highest BCUT2D eigenvalue weighted by Gasteiger charge is 2.23. The summed E-state index contributed by atoms with van der Waals surface area (Å²) in [4.78, 5) is 31.5. The number of amides is 2. The van der Waals surface area contributed by atoms with Crippen molar-refractivity contribution in [1.82, 2.24) is 34.2 Å². The largest absolute Gasteiger partial charge is 0.382 e. The first-order valence-electron chi connectivity index (χ1n) is 10.8. The van der Waals surface area contributed by atoms with Gasteiger partial charge in [-0.05, 0) is 25.7 Å². The van der Waals surface area contributed by atoms with Crippen LogP contribution in [0.1, 0.15) is 44.5 Å². The zero-order valence-electron chi connectivity index (χ0n) is 17.8. The van der Waals surface area contributed by atoms with Crippen molar-refractivity contribution in [2.24, 2.45) is 0 Å². The molecule has 9 heteroatoms. The number of imidazole rings is 1. The molecule has 1 saturated carbocycles. The van der Waals surface area contributed by atoms with Crippen LogP contribution in [0, 0.1) is 11.8 Å². The van der Waals surface area contributed by atoms with Crippen LogP contribution in [0.3, 0.4) is 0 Å². The van der Waals surface area contributed by atoms with Crippen LogP contribution in [0.4, 0.5) is 10.6 Å². The van der Waals surface area contributed by atoms with Crippen molar-refractivity contribution in [3.05, 3.63) is 12.2 Å². The summed E-state index contributed by atoms with van der Waals surface area (Å²) >= 11 is 0. The summed E-state index contributed by atoms with van der Waals surface area (Å²) in [5.41, 5.74) is 7.56. The topological polar surface area (TPSA) is 96.4 Å². The number of fused-ring (bicyclic) bond motifs is 1. The quantitative estimate of drug-likeness (QED) is 0.772. The van der Waals surface area contributed by atoms with E-state index in [4.69, 9.17) is 5.73 Å². The average Bonchev–Trinajstić information content (AvgIpc) is 3.43. The number of piperazine rings is 1. The number of nitrogen functional groups attached to an aromatic ring is 1. The summed E-state index contributed by atoms with van der Waals surface area (Å²) in [5, 5.41) is 0.